The van der Waals surface area contributed by atoms with Gasteiger partial charge in [0.15, 0.2) is 5.78 Å². The summed E-state index contributed by atoms with van der Waals surface area (Å²) >= 11 is 0. The van der Waals surface area contributed by atoms with Crippen LogP contribution < -0.4 is 0 Å². The number of aromatic hydroxyl groups is 1. The maximum atomic E-state index is 13.0. The number of benzene rings is 1. The third kappa shape index (κ3) is 4.45. The molecule has 0 aliphatic rings. The molecule has 1 N–H and O–H groups in total. The molecule has 0 spiro atoms. The maximum Gasteiger partial charge on any atom is 0.180 e. The van der Waals surface area contributed by atoms with E-state index in [2.05, 4.69) is 13.8 Å². The first-order chi connectivity index (χ1) is 8.40. The first kappa shape index (κ1) is 14.6. The van der Waals surface area contributed by atoms with E-state index in [9.17, 15) is 14.3 Å². The molecule has 0 aliphatic heterocycles. The molecule has 0 saturated heterocycles. The molecule has 0 aromatic heterocycles. The SMILES string of the molecule is CC(C)CCN(C)CC(=O)c1cc(F)ccc1O. The quantitative estimate of drug-likeness (QED) is 0.792. The molecule has 1 aromatic carbocycles. The fourth-order valence-electron chi connectivity index (χ4n) is 1.62. The van der Waals surface area contributed by atoms with Crippen molar-refractivity contribution in [1.29, 1.82) is 0 Å². The van der Waals surface area contributed by atoms with Gasteiger partial charge in [-0.05, 0) is 44.1 Å². The zero-order valence-electron chi connectivity index (χ0n) is 11.1. The number of phenols is 1. The first-order valence-corrected chi connectivity index (χ1v) is 6.10. The van der Waals surface area contributed by atoms with Gasteiger partial charge in [-0.3, -0.25) is 9.69 Å². The van der Waals surface area contributed by atoms with Crippen molar-refractivity contribution < 1.29 is 14.3 Å². The van der Waals surface area contributed by atoms with E-state index >= 15 is 0 Å². The molecule has 0 radical (unpaired) electrons. The van der Waals surface area contributed by atoms with Crippen molar-refractivity contribution in [2.24, 2.45) is 5.92 Å². The summed E-state index contributed by atoms with van der Waals surface area (Å²) in [5.41, 5.74) is 0.0476. The lowest BCUT2D eigenvalue weighted by Gasteiger charge is -2.17. The number of hydrogen-bond donors (Lipinski definition) is 1. The number of halogens is 1. The van der Waals surface area contributed by atoms with Crippen LogP contribution in [0.2, 0.25) is 0 Å². The van der Waals surface area contributed by atoms with Crippen molar-refractivity contribution in [3.63, 3.8) is 0 Å². The van der Waals surface area contributed by atoms with E-state index in [1.165, 1.54) is 6.07 Å². The molecule has 18 heavy (non-hydrogen) atoms. The maximum absolute atomic E-state index is 13.0. The minimum atomic E-state index is -0.513. The largest absolute Gasteiger partial charge is 0.507 e. The van der Waals surface area contributed by atoms with E-state index in [1.54, 1.807) is 0 Å². The van der Waals surface area contributed by atoms with E-state index in [1.807, 2.05) is 11.9 Å². The molecule has 0 saturated carbocycles. The summed E-state index contributed by atoms with van der Waals surface area (Å²) in [4.78, 5) is 13.8. The minimum absolute atomic E-state index is 0.0476. The highest BCUT2D eigenvalue weighted by atomic mass is 19.1. The number of carbonyl (C=O) groups excluding carboxylic acids is 1. The van der Waals surface area contributed by atoms with Crippen LogP contribution >= 0.6 is 0 Å². The molecule has 1 rings (SSSR count). The fourth-order valence-corrected chi connectivity index (χ4v) is 1.62. The highest BCUT2D eigenvalue weighted by molar-refractivity contribution is 5.99. The van der Waals surface area contributed by atoms with Gasteiger partial charge in [0.25, 0.3) is 0 Å². The van der Waals surface area contributed by atoms with Crippen LogP contribution in [-0.2, 0) is 0 Å². The van der Waals surface area contributed by atoms with Gasteiger partial charge in [-0.15, -0.1) is 0 Å². The van der Waals surface area contributed by atoms with Gasteiger partial charge in [0.05, 0.1) is 12.1 Å². The fraction of sp³-hybridized carbons (Fsp3) is 0.500. The number of ketones is 1. The number of Topliss-reactive ketones (excluding diaryl/α,β-unsaturated/α-hetero) is 1. The smallest absolute Gasteiger partial charge is 0.180 e. The van der Waals surface area contributed by atoms with Gasteiger partial charge in [0, 0.05) is 0 Å². The Morgan fingerprint density at radius 3 is 2.72 bits per heavy atom. The number of rotatable bonds is 6. The molecule has 3 nitrogen and oxygen atoms in total. The Morgan fingerprint density at radius 1 is 1.44 bits per heavy atom. The summed E-state index contributed by atoms with van der Waals surface area (Å²) in [6.07, 6.45) is 0.999. The van der Waals surface area contributed by atoms with Crippen LogP contribution in [0.1, 0.15) is 30.6 Å². The average Bonchev–Trinajstić information content (AvgIpc) is 2.29. The molecule has 0 bridgehead atoms. The van der Waals surface area contributed by atoms with Crippen molar-refractivity contribution in [2.45, 2.75) is 20.3 Å². The summed E-state index contributed by atoms with van der Waals surface area (Å²) in [6.45, 7) is 5.23. The van der Waals surface area contributed by atoms with E-state index in [0.717, 1.165) is 25.1 Å². The average molecular weight is 253 g/mol. The number of nitrogens with zero attached hydrogens (tertiary/aromatic N) is 1. The van der Waals surface area contributed by atoms with Crippen LogP contribution in [-0.4, -0.2) is 35.9 Å². The molecule has 0 aliphatic carbocycles. The molecular weight excluding hydrogens is 233 g/mol. The number of carbonyl (C=O) groups is 1. The predicted molar refractivity (Wildman–Crippen MR) is 69.3 cm³/mol. The Labute approximate surface area is 107 Å². The van der Waals surface area contributed by atoms with Crippen LogP contribution in [0.15, 0.2) is 18.2 Å². The van der Waals surface area contributed by atoms with E-state index in [4.69, 9.17) is 0 Å². The third-order valence-corrected chi connectivity index (χ3v) is 2.76. The van der Waals surface area contributed by atoms with E-state index in [-0.39, 0.29) is 23.6 Å². The Balaban J connectivity index is 2.62. The summed E-state index contributed by atoms with van der Waals surface area (Å²) in [6, 6.07) is 3.42. The summed E-state index contributed by atoms with van der Waals surface area (Å²) in [5, 5.41) is 9.53. The predicted octanol–water partition coefficient (Wildman–Crippen LogP) is 2.69. The van der Waals surface area contributed by atoms with Crippen molar-refractivity contribution in [2.75, 3.05) is 20.1 Å². The van der Waals surface area contributed by atoms with Gasteiger partial charge in [-0.2, -0.15) is 0 Å². The van der Waals surface area contributed by atoms with Crippen LogP contribution in [0.25, 0.3) is 0 Å². The molecule has 0 fully saturated rings. The van der Waals surface area contributed by atoms with Crippen molar-refractivity contribution in [1.82, 2.24) is 4.90 Å². The zero-order chi connectivity index (χ0) is 13.7. The van der Waals surface area contributed by atoms with Crippen molar-refractivity contribution >= 4 is 5.78 Å². The van der Waals surface area contributed by atoms with Crippen LogP contribution in [0, 0.1) is 11.7 Å². The molecule has 4 heteroatoms. The van der Waals surface area contributed by atoms with Crippen molar-refractivity contribution in [3.05, 3.63) is 29.6 Å². The molecule has 0 unspecified atom stereocenters. The molecule has 0 atom stereocenters. The van der Waals surface area contributed by atoms with Gasteiger partial charge in [-0.1, -0.05) is 13.8 Å². The minimum Gasteiger partial charge on any atom is -0.507 e. The molecule has 100 valence electrons. The Kier molecular flexibility index (Phi) is 5.28. The Morgan fingerprint density at radius 2 is 2.11 bits per heavy atom. The lowest BCUT2D eigenvalue weighted by molar-refractivity contribution is 0.0940. The summed E-state index contributed by atoms with van der Waals surface area (Å²) in [7, 11) is 1.84. The zero-order valence-corrected chi connectivity index (χ0v) is 11.1. The highest BCUT2D eigenvalue weighted by Crippen LogP contribution is 2.18. The lowest BCUT2D eigenvalue weighted by atomic mass is 10.1. The van der Waals surface area contributed by atoms with Gasteiger partial charge in [0.2, 0.25) is 0 Å². The van der Waals surface area contributed by atoms with Crippen LogP contribution in [0.5, 0.6) is 5.75 Å². The Bertz CT molecular complexity index is 418. The second-order valence-corrected chi connectivity index (χ2v) is 5.00. The van der Waals surface area contributed by atoms with Gasteiger partial charge in [-0.25, -0.2) is 4.39 Å². The number of hydrogen-bond acceptors (Lipinski definition) is 3. The van der Waals surface area contributed by atoms with Gasteiger partial charge < -0.3 is 5.11 Å². The lowest BCUT2D eigenvalue weighted by Crippen LogP contribution is -2.27. The van der Waals surface area contributed by atoms with Crippen LogP contribution in [0.3, 0.4) is 0 Å². The van der Waals surface area contributed by atoms with Crippen LogP contribution in [0.4, 0.5) is 4.39 Å². The van der Waals surface area contributed by atoms with E-state index in [0.29, 0.717) is 5.92 Å². The topological polar surface area (TPSA) is 40.5 Å². The Hall–Kier alpha value is -1.42. The van der Waals surface area contributed by atoms with Gasteiger partial charge >= 0.3 is 0 Å². The van der Waals surface area contributed by atoms with E-state index < -0.39 is 5.82 Å². The molecule has 1 aromatic rings. The second-order valence-electron chi connectivity index (χ2n) is 5.00. The summed E-state index contributed by atoms with van der Waals surface area (Å²) in [5.74, 6) is -0.372. The number of phenolic OH excluding ortho intramolecular Hbond substituents is 1. The van der Waals surface area contributed by atoms with Crippen molar-refractivity contribution in [3.8, 4) is 5.75 Å². The third-order valence-electron chi connectivity index (χ3n) is 2.76. The number of likely N-dealkylation sites (N-methyl/N-ethyl adjacent to an activating group) is 1. The normalized spacial score (nSPS) is 11.2. The monoisotopic (exact) mass is 253 g/mol. The first-order valence-electron chi connectivity index (χ1n) is 6.10. The highest BCUT2D eigenvalue weighted by Gasteiger charge is 2.14. The summed E-state index contributed by atoms with van der Waals surface area (Å²) < 4.78 is 13.0. The van der Waals surface area contributed by atoms with Gasteiger partial charge in [0.1, 0.15) is 11.6 Å². The molecular formula is C14H20FNO2. The molecule has 0 amide bonds. The second kappa shape index (κ2) is 6.50. The molecule has 0 heterocycles. The standard InChI is InChI=1S/C14H20FNO2/c1-10(2)6-7-16(3)9-14(18)12-8-11(15)4-5-13(12)17/h4-5,8,10,17H,6-7,9H2,1-3H3.